The largest absolute Gasteiger partial charge is 0.508 e. The van der Waals surface area contributed by atoms with Crippen molar-refractivity contribution in [1.29, 1.82) is 0 Å². The minimum absolute atomic E-state index is 0.0333. The molecule has 1 aliphatic heterocycles. The van der Waals surface area contributed by atoms with Gasteiger partial charge in [0.1, 0.15) is 25.1 Å². The van der Waals surface area contributed by atoms with Crippen molar-refractivity contribution in [3.05, 3.63) is 84.0 Å². The number of hydrogen-bond acceptors (Lipinski definition) is 6. The minimum atomic E-state index is -0.0333. The van der Waals surface area contributed by atoms with Gasteiger partial charge in [-0.3, -0.25) is 9.78 Å². The lowest BCUT2D eigenvalue weighted by atomic mass is 9.92. The van der Waals surface area contributed by atoms with Crippen molar-refractivity contribution in [3.8, 4) is 5.75 Å². The number of phenols is 1. The van der Waals surface area contributed by atoms with Crippen LogP contribution in [0.2, 0.25) is 0 Å². The van der Waals surface area contributed by atoms with E-state index in [1.165, 1.54) is 0 Å². The molecule has 1 amide bonds. The van der Waals surface area contributed by atoms with Crippen LogP contribution in [0.15, 0.2) is 67.1 Å². The number of fused-ring (bicyclic) bond motifs is 1. The topological polar surface area (TPSA) is 95.7 Å². The SMILES string of the molecule is [B]c1cnn2c(NCc3cccnc3)cc(C3CCN(C(=O)/C=C/c4cccc(O)c4)CC3)nc12. The Labute approximate surface area is 204 Å². The third kappa shape index (κ3) is 5.19. The average Bonchev–Trinajstić information content (AvgIpc) is 3.27. The van der Waals surface area contributed by atoms with Crippen LogP contribution in [-0.2, 0) is 11.3 Å². The van der Waals surface area contributed by atoms with E-state index in [1.54, 1.807) is 47.3 Å². The number of rotatable bonds is 6. The Hall–Kier alpha value is -4.14. The van der Waals surface area contributed by atoms with Gasteiger partial charge in [0.2, 0.25) is 5.91 Å². The first-order chi connectivity index (χ1) is 17.1. The number of piperidine rings is 1. The predicted octanol–water partition coefficient (Wildman–Crippen LogP) is 2.66. The first-order valence-corrected chi connectivity index (χ1v) is 11.6. The zero-order valence-electron chi connectivity index (χ0n) is 19.2. The lowest BCUT2D eigenvalue weighted by molar-refractivity contribution is -0.126. The van der Waals surface area contributed by atoms with Crippen molar-refractivity contribution < 1.29 is 9.90 Å². The number of pyridine rings is 1. The molecule has 2 radical (unpaired) electrons. The van der Waals surface area contributed by atoms with Gasteiger partial charge in [-0.1, -0.05) is 18.2 Å². The lowest BCUT2D eigenvalue weighted by Crippen LogP contribution is -2.37. The van der Waals surface area contributed by atoms with E-state index in [2.05, 4.69) is 15.4 Å². The highest BCUT2D eigenvalue weighted by atomic mass is 16.3. The second-order valence-corrected chi connectivity index (χ2v) is 8.64. The number of hydrogen-bond donors (Lipinski definition) is 2. The van der Waals surface area contributed by atoms with Crippen molar-refractivity contribution >= 4 is 36.8 Å². The fraction of sp³-hybridized carbons (Fsp3) is 0.231. The van der Waals surface area contributed by atoms with Crippen molar-refractivity contribution in [2.75, 3.05) is 18.4 Å². The Kier molecular flexibility index (Phi) is 6.48. The van der Waals surface area contributed by atoms with Crippen LogP contribution in [0.1, 0.15) is 35.6 Å². The number of nitrogens with zero attached hydrogens (tertiary/aromatic N) is 5. The van der Waals surface area contributed by atoms with Gasteiger partial charge >= 0.3 is 0 Å². The van der Waals surface area contributed by atoms with E-state index in [4.69, 9.17) is 12.8 Å². The molecule has 3 aromatic heterocycles. The summed E-state index contributed by atoms with van der Waals surface area (Å²) in [5.74, 6) is 1.18. The summed E-state index contributed by atoms with van der Waals surface area (Å²) in [6.45, 7) is 1.90. The maximum atomic E-state index is 12.7. The maximum Gasteiger partial charge on any atom is 0.246 e. The number of aromatic nitrogens is 4. The van der Waals surface area contributed by atoms with Gasteiger partial charge in [-0.25, -0.2) is 4.98 Å². The molecule has 0 atom stereocenters. The zero-order chi connectivity index (χ0) is 24.2. The summed E-state index contributed by atoms with van der Waals surface area (Å²) in [4.78, 5) is 23.5. The number of benzene rings is 1. The normalized spacial score (nSPS) is 14.6. The first kappa shape index (κ1) is 22.6. The summed E-state index contributed by atoms with van der Waals surface area (Å²) >= 11 is 0. The van der Waals surface area contributed by atoms with Crippen LogP contribution < -0.4 is 10.8 Å². The van der Waals surface area contributed by atoms with Gasteiger partial charge in [0.25, 0.3) is 0 Å². The number of aromatic hydroxyl groups is 1. The number of anilines is 1. The van der Waals surface area contributed by atoms with Crippen molar-refractivity contribution in [1.82, 2.24) is 24.5 Å². The van der Waals surface area contributed by atoms with Crippen LogP contribution in [0.3, 0.4) is 0 Å². The minimum Gasteiger partial charge on any atom is -0.508 e. The third-order valence-electron chi connectivity index (χ3n) is 6.23. The van der Waals surface area contributed by atoms with Gasteiger partial charge in [-0.15, -0.1) is 0 Å². The molecule has 5 rings (SSSR count). The molecule has 0 spiro atoms. The number of amides is 1. The summed E-state index contributed by atoms with van der Waals surface area (Å²) in [7, 11) is 6.14. The Balaban J connectivity index is 1.28. The van der Waals surface area contributed by atoms with Crippen LogP contribution in [0.4, 0.5) is 5.82 Å². The standard InChI is InChI=1S/C26H25BN6O2/c27-22-17-30-33-24(29-16-19-4-2-10-28-15-19)14-23(31-26(22)33)20-8-11-32(12-9-20)25(35)7-6-18-3-1-5-21(34)13-18/h1-7,10,13-15,17,20,29,34H,8-9,11-12,16H2/b7-6+. The van der Waals surface area contributed by atoms with Gasteiger partial charge in [-0.05, 0) is 53.7 Å². The summed E-state index contributed by atoms with van der Waals surface area (Å²) in [5, 5.41) is 17.4. The van der Waals surface area contributed by atoms with Crippen LogP contribution in [-0.4, -0.2) is 56.4 Å². The van der Waals surface area contributed by atoms with Crippen molar-refractivity contribution in [2.45, 2.75) is 25.3 Å². The van der Waals surface area contributed by atoms with E-state index >= 15 is 0 Å². The molecule has 0 bridgehead atoms. The Morgan fingerprint density at radius 2 is 2.03 bits per heavy atom. The van der Waals surface area contributed by atoms with Gasteiger partial charge in [0, 0.05) is 62.0 Å². The molecule has 2 N–H and O–H groups in total. The fourth-order valence-corrected chi connectivity index (χ4v) is 4.33. The molecule has 1 saturated heterocycles. The van der Waals surface area contributed by atoms with Crippen molar-refractivity contribution in [3.63, 3.8) is 0 Å². The second-order valence-electron chi connectivity index (χ2n) is 8.64. The van der Waals surface area contributed by atoms with E-state index < -0.39 is 0 Å². The Bertz CT molecular complexity index is 1360. The summed E-state index contributed by atoms with van der Waals surface area (Å²) in [6.07, 6.45) is 10.1. The molecule has 1 aliphatic rings. The predicted molar refractivity (Wildman–Crippen MR) is 136 cm³/mol. The molecular weight excluding hydrogens is 439 g/mol. The molecule has 0 unspecified atom stereocenters. The number of likely N-dealkylation sites (tertiary alicyclic amines) is 1. The molecule has 0 aliphatic carbocycles. The quantitative estimate of drug-likeness (QED) is 0.337. The lowest BCUT2D eigenvalue weighted by Gasteiger charge is -2.31. The molecule has 1 aromatic carbocycles. The van der Waals surface area contributed by atoms with E-state index in [0.717, 1.165) is 35.5 Å². The van der Waals surface area contributed by atoms with Crippen molar-refractivity contribution in [2.24, 2.45) is 0 Å². The van der Waals surface area contributed by atoms with Gasteiger partial charge in [0.05, 0.1) is 0 Å². The van der Waals surface area contributed by atoms with Crippen LogP contribution in [0.5, 0.6) is 5.75 Å². The molecule has 4 aromatic rings. The molecule has 35 heavy (non-hydrogen) atoms. The van der Waals surface area contributed by atoms with E-state index in [1.807, 2.05) is 35.4 Å². The maximum absolute atomic E-state index is 12.7. The van der Waals surface area contributed by atoms with Crippen LogP contribution in [0, 0.1) is 0 Å². The van der Waals surface area contributed by atoms with Crippen LogP contribution >= 0.6 is 0 Å². The summed E-state index contributed by atoms with van der Waals surface area (Å²) < 4.78 is 1.72. The Morgan fingerprint density at radius 3 is 2.80 bits per heavy atom. The summed E-state index contributed by atoms with van der Waals surface area (Å²) in [5.41, 5.74) is 3.95. The first-order valence-electron chi connectivity index (χ1n) is 11.6. The van der Waals surface area contributed by atoms with E-state index in [9.17, 15) is 9.90 Å². The average molecular weight is 464 g/mol. The van der Waals surface area contributed by atoms with E-state index in [0.29, 0.717) is 30.7 Å². The monoisotopic (exact) mass is 464 g/mol. The highest BCUT2D eigenvalue weighted by Crippen LogP contribution is 2.29. The molecular formula is C26H25BN6O2. The third-order valence-corrected chi connectivity index (χ3v) is 6.23. The number of nitrogens with one attached hydrogen (secondary N) is 1. The van der Waals surface area contributed by atoms with Gasteiger partial charge in [0.15, 0.2) is 0 Å². The van der Waals surface area contributed by atoms with Crippen LogP contribution in [0.25, 0.3) is 11.7 Å². The van der Waals surface area contributed by atoms with E-state index in [-0.39, 0.29) is 17.6 Å². The molecule has 4 heterocycles. The Morgan fingerprint density at radius 1 is 1.17 bits per heavy atom. The second kappa shape index (κ2) is 10.0. The summed E-state index contributed by atoms with van der Waals surface area (Å²) in [6, 6.07) is 12.8. The molecule has 0 saturated carbocycles. The van der Waals surface area contributed by atoms with Gasteiger partial charge < -0.3 is 15.3 Å². The molecule has 8 nitrogen and oxygen atoms in total. The van der Waals surface area contributed by atoms with Gasteiger partial charge in [-0.2, -0.15) is 9.61 Å². The molecule has 9 heteroatoms. The smallest absolute Gasteiger partial charge is 0.246 e. The molecule has 1 fully saturated rings. The zero-order valence-corrected chi connectivity index (χ0v) is 19.2. The number of carbonyl (C=O) groups excluding carboxylic acids is 1. The number of phenolic OH excluding ortho intramolecular Hbond substituents is 1. The highest BCUT2D eigenvalue weighted by Gasteiger charge is 2.25. The molecule has 174 valence electrons. The fourth-order valence-electron chi connectivity index (χ4n) is 4.33. The number of carbonyl (C=O) groups is 1. The highest BCUT2D eigenvalue weighted by molar-refractivity contribution is 6.36.